The fourth-order valence-corrected chi connectivity index (χ4v) is 2.16. The van der Waals surface area contributed by atoms with Crippen molar-refractivity contribution < 1.29 is 8.81 Å². The van der Waals surface area contributed by atoms with Gasteiger partial charge in [0.15, 0.2) is 11.6 Å². The fraction of sp³-hybridized carbons (Fsp3) is 0.357. The SMILES string of the molecule is NCc1ccnc(N(Cc2ccco2)C2CC2)c1F. The molecular formula is C14H16FN3O. The normalized spacial score (nSPS) is 14.6. The summed E-state index contributed by atoms with van der Waals surface area (Å²) in [7, 11) is 0. The van der Waals surface area contributed by atoms with Gasteiger partial charge in [0.1, 0.15) is 5.76 Å². The topological polar surface area (TPSA) is 55.3 Å². The Morgan fingerprint density at radius 1 is 1.42 bits per heavy atom. The van der Waals surface area contributed by atoms with E-state index in [2.05, 4.69) is 4.98 Å². The van der Waals surface area contributed by atoms with E-state index in [4.69, 9.17) is 10.2 Å². The van der Waals surface area contributed by atoms with E-state index in [9.17, 15) is 4.39 Å². The van der Waals surface area contributed by atoms with Crippen molar-refractivity contribution in [1.29, 1.82) is 0 Å². The van der Waals surface area contributed by atoms with Crippen LogP contribution in [0.1, 0.15) is 24.2 Å². The summed E-state index contributed by atoms with van der Waals surface area (Å²) in [4.78, 5) is 6.15. The molecule has 5 heteroatoms. The van der Waals surface area contributed by atoms with Gasteiger partial charge < -0.3 is 15.1 Å². The first-order chi connectivity index (χ1) is 9.29. The molecule has 0 bridgehead atoms. The Morgan fingerprint density at radius 2 is 2.26 bits per heavy atom. The number of pyridine rings is 1. The van der Waals surface area contributed by atoms with Crippen molar-refractivity contribution in [2.45, 2.75) is 32.0 Å². The number of anilines is 1. The first-order valence-corrected chi connectivity index (χ1v) is 6.42. The zero-order chi connectivity index (χ0) is 13.2. The van der Waals surface area contributed by atoms with Crippen LogP contribution in [0.2, 0.25) is 0 Å². The molecule has 1 fully saturated rings. The van der Waals surface area contributed by atoms with E-state index >= 15 is 0 Å². The highest BCUT2D eigenvalue weighted by Gasteiger charge is 2.32. The Labute approximate surface area is 111 Å². The van der Waals surface area contributed by atoms with Gasteiger partial charge in [-0.25, -0.2) is 9.37 Å². The van der Waals surface area contributed by atoms with Crippen molar-refractivity contribution in [2.75, 3.05) is 4.90 Å². The fourth-order valence-electron chi connectivity index (χ4n) is 2.16. The van der Waals surface area contributed by atoms with E-state index in [-0.39, 0.29) is 12.4 Å². The van der Waals surface area contributed by atoms with E-state index in [1.807, 2.05) is 17.0 Å². The minimum absolute atomic E-state index is 0.181. The first-order valence-electron chi connectivity index (χ1n) is 6.42. The average Bonchev–Trinajstić information content (AvgIpc) is 3.14. The largest absolute Gasteiger partial charge is 0.467 e. The van der Waals surface area contributed by atoms with Gasteiger partial charge in [-0.05, 0) is 31.0 Å². The lowest BCUT2D eigenvalue weighted by Crippen LogP contribution is -2.27. The first kappa shape index (κ1) is 12.2. The number of aromatic nitrogens is 1. The van der Waals surface area contributed by atoms with Crippen LogP contribution >= 0.6 is 0 Å². The van der Waals surface area contributed by atoms with Crippen molar-refractivity contribution >= 4 is 5.82 Å². The average molecular weight is 261 g/mol. The summed E-state index contributed by atoms with van der Waals surface area (Å²) in [5, 5.41) is 0. The molecule has 1 aliphatic rings. The molecular weight excluding hydrogens is 245 g/mol. The lowest BCUT2D eigenvalue weighted by Gasteiger charge is -2.23. The van der Waals surface area contributed by atoms with Gasteiger partial charge in [-0.2, -0.15) is 0 Å². The molecule has 4 nitrogen and oxygen atoms in total. The molecule has 3 rings (SSSR count). The smallest absolute Gasteiger partial charge is 0.170 e. The van der Waals surface area contributed by atoms with Crippen LogP contribution < -0.4 is 10.6 Å². The summed E-state index contributed by atoms with van der Waals surface area (Å²) < 4.78 is 19.7. The molecule has 100 valence electrons. The summed E-state index contributed by atoms with van der Waals surface area (Å²) >= 11 is 0. The van der Waals surface area contributed by atoms with Crippen LogP contribution in [0.25, 0.3) is 0 Å². The molecule has 0 amide bonds. The summed E-state index contributed by atoms with van der Waals surface area (Å²) in [5.74, 6) is 0.872. The van der Waals surface area contributed by atoms with Crippen molar-refractivity contribution in [1.82, 2.24) is 4.98 Å². The second kappa shape index (κ2) is 5.01. The highest BCUT2D eigenvalue weighted by Crippen LogP contribution is 2.34. The van der Waals surface area contributed by atoms with Crippen molar-refractivity contribution in [2.24, 2.45) is 5.73 Å². The molecule has 2 N–H and O–H groups in total. The number of halogens is 1. The van der Waals surface area contributed by atoms with E-state index in [0.29, 0.717) is 24.0 Å². The van der Waals surface area contributed by atoms with Crippen LogP contribution in [0.5, 0.6) is 0 Å². The minimum atomic E-state index is -0.316. The molecule has 2 aromatic heterocycles. The number of hydrogen-bond acceptors (Lipinski definition) is 4. The Bertz CT molecular complexity index is 552. The second-order valence-corrected chi connectivity index (χ2v) is 4.75. The van der Waals surface area contributed by atoms with Gasteiger partial charge >= 0.3 is 0 Å². The monoisotopic (exact) mass is 261 g/mol. The van der Waals surface area contributed by atoms with E-state index in [1.165, 1.54) is 0 Å². The second-order valence-electron chi connectivity index (χ2n) is 4.75. The van der Waals surface area contributed by atoms with Crippen LogP contribution in [0.4, 0.5) is 10.2 Å². The summed E-state index contributed by atoms with van der Waals surface area (Å²) in [6.07, 6.45) is 5.36. The zero-order valence-corrected chi connectivity index (χ0v) is 10.6. The number of furan rings is 1. The predicted molar refractivity (Wildman–Crippen MR) is 70.0 cm³/mol. The third kappa shape index (κ3) is 2.46. The van der Waals surface area contributed by atoms with E-state index in [0.717, 1.165) is 18.6 Å². The van der Waals surface area contributed by atoms with E-state index < -0.39 is 0 Å². The molecule has 19 heavy (non-hydrogen) atoms. The van der Waals surface area contributed by atoms with Crippen LogP contribution in [0, 0.1) is 5.82 Å². The molecule has 2 heterocycles. The maximum atomic E-state index is 14.3. The Balaban J connectivity index is 1.92. The molecule has 1 saturated carbocycles. The lowest BCUT2D eigenvalue weighted by atomic mass is 10.2. The number of nitrogens with zero attached hydrogens (tertiary/aromatic N) is 2. The van der Waals surface area contributed by atoms with Gasteiger partial charge in [0.25, 0.3) is 0 Å². The van der Waals surface area contributed by atoms with Crippen LogP contribution in [0.15, 0.2) is 35.1 Å². The van der Waals surface area contributed by atoms with Gasteiger partial charge in [-0.15, -0.1) is 0 Å². The summed E-state index contributed by atoms with van der Waals surface area (Å²) in [6.45, 7) is 0.718. The molecule has 2 aromatic rings. The highest BCUT2D eigenvalue weighted by molar-refractivity contribution is 5.45. The molecule has 0 aliphatic heterocycles. The number of rotatable bonds is 5. The lowest BCUT2D eigenvalue weighted by molar-refractivity contribution is 0.496. The number of hydrogen-bond donors (Lipinski definition) is 1. The Kier molecular flexibility index (Phi) is 3.21. The van der Waals surface area contributed by atoms with Gasteiger partial charge in [-0.3, -0.25) is 0 Å². The van der Waals surface area contributed by atoms with Crippen molar-refractivity contribution in [3.8, 4) is 0 Å². The molecule has 0 radical (unpaired) electrons. The minimum Gasteiger partial charge on any atom is -0.467 e. The quantitative estimate of drug-likeness (QED) is 0.898. The van der Waals surface area contributed by atoms with Crippen molar-refractivity contribution in [3.05, 3.63) is 47.8 Å². The third-order valence-corrected chi connectivity index (χ3v) is 3.34. The van der Waals surface area contributed by atoms with Gasteiger partial charge in [-0.1, -0.05) is 0 Å². The molecule has 1 aliphatic carbocycles. The van der Waals surface area contributed by atoms with Crippen LogP contribution in [-0.2, 0) is 13.1 Å². The molecule has 0 saturated heterocycles. The third-order valence-electron chi connectivity index (χ3n) is 3.34. The van der Waals surface area contributed by atoms with Crippen LogP contribution in [0.3, 0.4) is 0 Å². The molecule has 0 spiro atoms. The summed E-state index contributed by atoms with van der Waals surface area (Å²) in [6, 6.07) is 5.69. The number of nitrogens with two attached hydrogens (primary N) is 1. The Morgan fingerprint density at radius 3 is 2.89 bits per heavy atom. The van der Waals surface area contributed by atoms with Gasteiger partial charge in [0, 0.05) is 24.3 Å². The molecule has 0 aromatic carbocycles. The standard InChI is InChI=1S/C14H16FN3O/c15-13-10(8-16)5-6-17-14(13)18(11-3-4-11)9-12-2-1-7-19-12/h1-2,5-7,11H,3-4,8-9,16H2. The summed E-state index contributed by atoms with van der Waals surface area (Å²) in [5.41, 5.74) is 6.04. The van der Waals surface area contributed by atoms with Gasteiger partial charge in [0.05, 0.1) is 12.8 Å². The Hall–Kier alpha value is -1.88. The maximum Gasteiger partial charge on any atom is 0.170 e. The van der Waals surface area contributed by atoms with E-state index in [1.54, 1.807) is 18.5 Å². The molecule has 0 unspecified atom stereocenters. The highest BCUT2D eigenvalue weighted by atomic mass is 19.1. The van der Waals surface area contributed by atoms with Gasteiger partial charge in [0.2, 0.25) is 0 Å². The van der Waals surface area contributed by atoms with Crippen LogP contribution in [-0.4, -0.2) is 11.0 Å². The van der Waals surface area contributed by atoms with Crippen molar-refractivity contribution in [3.63, 3.8) is 0 Å². The predicted octanol–water partition coefficient (Wildman–Crippen LogP) is 2.44. The maximum absolute atomic E-state index is 14.3. The molecule has 0 atom stereocenters. The zero-order valence-electron chi connectivity index (χ0n) is 10.6.